The SMILES string of the molecule is C[C@@H]1CCC[C@H](C)N1C(=O)CSc1cccc(NC(=O)C2CC=CCC2C(=O)O)c1. The molecule has 2 unspecified atom stereocenters. The van der Waals surface area contributed by atoms with Crippen LogP contribution in [0.1, 0.15) is 46.0 Å². The van der Waals surface area contributed by atoms with Gasteiger partial charge in [-0.25, -0.2) is 0 Å². The van der Waals surface area contributed by atoms with Crippen molar-refractivity contribution in [3.05, 3.63) is 36.4 Å². The predicted octanol–water partition coefficient (Wildman–Crippen LogP) is 4.17. The van der Waals surface area contributed by atoms with Crippen LogP contribution in [0.15, 0.2) is 41.3 Å². The standard InChI is InChI=1S/C23H30N2O4S/c1-15-7-5-8-16(2)25(15)21(26)14-30-18-10-6-9-17(13-18)24-22(27)19-11-3-4-12-20(19)23(28)29/h3-4,6,9-10,13,15-16,19-20H,5,7-8,11-12,14H2,1-2H3,(H,24,27)(H,28,29)/t15-,16+,19?,20?. The van der Waals surface area contributed by atoms with Gasteiger partial charge in [-0.3, -0.25) is 14.4 Å². The fourth-order valence-corrected chi connectivity index (χ4v) is 5.23. The summed E-state index contributed by atoms with van der Waals surface area (Å²) in [5.74, 6) is -1.98. The Morgan fingerprint density at radius 2 is 1.77 bits per heavy atom. The molecule has 3 rings (SSSR count). The molecule has 0 aromatic heterocycles. The lowest BCUT2D eigenvalue weighted by atomic mass is 9.82. The van der Waals surface area contributed by atoms with Crippen molar-refractivity contribution in [3.63, 3.8) is 0 Å². The smallest absolute Gasteiger partial charge is 0.307 e. The van der Waals surface area contributed by atoms with Crippen LogP contribution in [0, 0.1) is 11.8 Å². The fraction of sp³-hybridized carbons (Fsp3) is 0.522. The third-order valence-corrected chi connectivity index (χ3v) is 7.01. The van der Waals surface area contributed by atoms with Crippen LogP contribution in [-0.2, 0) is 14.4 Å². The molecule has 1 aromatic carbocycles. The van der Waals surface area contributed by atoms with E-state index in [1.807, 2.05) is 35.3 Å². The Hall–Kier alpha value is -2.28. The maximum atomic E-state index is 12.7. The Labute approximate surface area is 182 Å². The summed E-state index contributed by atoms with van der Waals surface area (Å²) in [6, 6.07) is 7.93. The van der Waals surface area contributed by atoms with Gasteiger partial charge in [0.2, 0.25) is 11.8 Å². The minimum atomic E-state index is -0.941. The molecule has 4 atom stereocenters. The van der Waals surface area contributed by atoms with E-state index < -0.39 is 17.8 Å². The zero-order chi connectivity index (χ0) is 21.7. The molecule has 162 valence electrons. The number of anilines is 1. The normalized spacial score (nSPS) is 26.3. The number of rotatable bonds is 6. The van der Waals surface area contributed by atoms with Crippen molar-refractivity contribution in [1.82, 2.24) is 4.90 Å². The third-order valence-electron chi connectivity index (χ3n) is 6.03. The van der Waals surface area contributed by atoms with Gasteiger partial charge in [-0.2, -0.15) is 0 Å². The highest BCUT2D eigenvalue weighted by atomic mass is 32.2. The van der Waals surface area contributed by atoms with Crippen molar-refractivity contribution in [3.8, 4) is 0 Å². The molecule has 30 heavy (non-hydrogen) atoms. The van der Waals surface area contributed by atoms with Crippen molar-refractivity contribution in [2.45, 2.75) is 62.9 Å². The minimum Gasteiger partial charge on any atom is -0.481 e. The number of thioether (sulfide) groups is 1. The molecule has 1 aromatic rings. The lowest BCUT2D eigenvalue weighted by Crippen LogP contribution is -2.48. The first kappa shape index (κ1) is 22.4. The van der Waals surface area contributed by atoms with Gasteiger partial charge in [-0.1, -0.05) is 18.2 Å². The van der Waals surface area contributed by atoms with E-state index in [9.17, 15) is 19.5 Å². The molecule has 7 heteroatoms. The quantitative estimate of drug-likeness (QED) is 0.522. The number of likely N-dealkylation sites (tertiary alicyclic amines) is 1. The van der Waals surface area contributed by atoms with E-state index in [0.717, 1.165) is 17.7 Å². The molecular weight excluding hydrogens is 400 g/mol. The molecule has 6 nitrogen and oxygen atoms in total. The van der Waals surface area contributed by atoms with E-state index in [-0.39, 0.29) is 23.9 Å². The van der Waals surface area contributed by atoms with Crippen molar-refractivity contribution < 1.29 is 19.5 Å². The highest BCUT2D eigenvalue weighted by Crippen LogP contribution is 2.29. The van der Waals surface area contributed by atoms with Crippen LogP contribution in [0.4, 0.5) is 5.69 Å². The number of hydrogen-bond donors (Lipinski definition) is 2. The van der Waals surface area contributed by atoms with Crippen molar-refractivity contribution in [2.24, 2.45) is 11.8 Å². The minimum absolute atomic E-state index is 0.146. The van der Waals surface area contributed by atoms with Crippen LogP contribution in [0.2, 0.25) is 0 Å². The molecule has 1 heterocycles. The molecule has 2 N–H and O–H groups in total. The first-order valence-corrected chi connectivity index (χ1v) is 11.6. The summed E-state index contributed by atoms with van der Waals surface area (Å²) >= 11 is 1.46. The number of aliphatic carboxylic acids is 1. The summed E-state index contributed by atoms with van der Waals surface area (Å²) < 4.78 is 0. The van der Waals surface area contributed by atoms with E-state index >= 15 is 0 Å². The summed E-state index contributed by atoms with van der Waals surface area (Å²) in [6.07, 6.45) is 7.76. The number of nitrogens with zero attached hydrogens (tertiary/aromatic N) is 1. The van der Waals surface area contributed by atoms with E-state index in [1.165, 1.54) is 18.2 Å². The Bertz CT molecular complexity index is 815. The Morgan fingerprint density at radius 1 is 1.10 bits per heavy atom. The second-order valence-corrected chi connectivity index (χ2v) is 9.28. The summed E-state index contributed by atoms with van der Waals surface area (Å²) in [4.78, 5) is 39.8. The lowest BCUT2D eigenvalue weighted by Gasteiger charge is -2.39. The highest BCUT2D eigenvalue weighted by Gasteiger charge is 2.34. The number of carboxylic acids is 1. The van der Waals surface area contributed by atoms with Crippen LogP contribution in [0.25, 0.3) is 0 Å². The number of carboxylic acid groups (broad SMARTS) is 1. The lowest BCUT2D eigenvalue weighted by molar-refractivity contribution is -0.146. The van der Waals surface area contributed by atoms with Crippen LogP contribution in [0.5, 0.6) is 0 Å². The number of carbonyl (C=O) groups is 3. The molecule has 0 spiro atoms. The predicted molar refractivity (Wildman–Crippen MR) is 118 cm³/mol. The molecule has 0 bridgehead atoms. The van der Waals surface area contributed by atoms with Crippen molar-refractivity contribution in [2.75, 3.05) is 11.1 Å². The zero-order valence-electron chi connectivity index (χ0n) is 17.5. The van der Waals surface area contributed by atoms with Gasteiger partial charge in [0.05, 0.1) is 17.6 Å². The van der Waals surface area contributed by atoms with E-state index in [0.29, 0.717) is 24.3 Å². The van der Waals surface area contributed by atoms with Crippen LogP contribution < -0.4 is 5.32 Å². The number of carbonyl (C=O) groups excluding carboxylic acids is 2. The Kier molecular flexibility index (Phi) is 7.58. The van der Waals surface area contributed by atoms with Gasteiger partial charge < -0.3 is 15.3 Å². The van der Waals surface area contributed by atoms with Gasteiger partial charge >= 0.3 is 5.97 Å². The summed E-state index contributed by atoms with van der Waals surface area (Å²) in [5.41, 5.74) is 0.621. The highest BCUT2D eigenvalue weighted by molar-refractivity contribution is 8.00. The topological polar surface area (TPSA) is 86.7 Å². The van der Waals surface area contributed by atoms with Crippen molar-refractivity contribution in [1.29, 1.82) is 0 Å². The average Bonchev–Trinajstić information content (AvgIpc) is 2.72. The number of hydrogen-bond acceptors (Lipinski definition) is 4. The van der Waals surface area contributed by atoms with Gasteiger partial charge in [0.1, 0.15) is 0 Å². The molecular formula is C23H30N2O4S. The molecule has 0 saturated carbocycles. The molecule has 2 aliphatic rings. The number of nitrogens with one attached hydrogen (secondary N) is 1. The zero-order valence-corrected chi connectivity index (χ0v) is 18.4. The summed E-state index contributed by atoms with van der Waals surface area (Å²) in [7, 11) is 0. The molecule has 2 amide bonds. The molecule has 0 radical (unpaired) electrons. The number of benzene rings is 1. The second kappa shape index (κ2) is 10.2. The maximum absolute atomic E-state index is 12.7. The van der Waals surface area contributed by atoms with E-state index in [2.05, 4.69) is 19.2 Å². The summed E-state index contributed by atoms with van der Waals surface area (Å²) in [6.45, 7) is 4.22. The van der Waals surface area contributed by atoms with Gasteiger partial charge in [-0.05, 0) is 64.2 Å². The molecule has 1 aliphatic carbocycles. The monoisotopic (exact) mass is 430 g/mol. The van der Waals surface area contributed by atoms with E-state index in [4.69, 9.17) is 0 Å². The Morgan fingerprint density at radius 3 is 2.43 bits per heavy atom. The molecule has 1 saturated heterocycles. The van der Waals surface area contributed by atoms with Gasteiger partial charge in [-0.15, -0.1) is 11.8 Å². The molecule has 1 fully saturated rings. The fourth-order valence-electron chi connectivity index (χ4n) is 4.41. The summed E-state index contributed by atoms with van der Waals surface area (Å²) in [5, 5.41) is 12.2. The van der Waals surface area contributed by atoms with Gasteiger partial charge in [0.25, 0.3) is 0 Å². The van der Waals surface area contributed by atoms with Crippen LogP contribution in [0.3, 0.4) is 0 Å². The number of allylic oxidation sites excluding steroid dienone is 2. The first-order chi connectivity index (χ1) is 14.4. The first-order valence-electron chi connectivity index (χ1n) is 10.6. The van der Waals surface area contributed by atoms with Gasteiger partial charge in [0.15, 0.2) is 0 Å². The second-order valence-electron chi connectivity index (χ2n) is 8.23. The van der Waals surface area contributed by atoms with Crippen molar-refractivity contribution >= 4 is 35.2 Å². The molecule has 1 aliphatic heterocycles. The maximum Gasteiger partial charge on any atom is 0.307 e. The number of amides is 2. The van der Waals surface area contributed by atoms with Gasteiger partial charge in [0, 0.05) is 22.7 Å². The Balaban J connectivity index is 1.59. The van der Waals surface area contributed by atoms with Crippen LogP contribution in [-0.4, -0.2) is 45.6 Å². The van der Waals surface area contributed by atoms with E-state index in [1.54, 1.807) is 6.07 Å². The van der Waals surface area contributed by atoms with Crippen LogP contribution >= 0.6 is 11.8 Å². The third kappa shape index (κ3) is 5.45. The number of piperidine rings is 1. The average molecular weight is 431 g/mol. The largest absolute Gasteiger partial charge is 0.481 e.